The number of para-hydroxylation sites is 1. The molecule has 0 N–H and O–H groups in total. The van der Waals surface area contributed by atoms with Gasteiger partial charge in [0.05, 0.1) is 0 Å². The van der Waals surface area contributed by atoms with Crippen molar-refractivity contribution in [2.45, 2.75) is 33.1 Å². The molecule has 0 heterocycles. The third kappa shape index (κ3) is 4.91. The Morgan fingerprint density at radius 1 is 0.875 bits per heavy atom. The highest BCUT2D eigenvalue weighted by Crippen LogP contribution is 2.21. The first-order chi connectivity index (χ1) is 11.5. The van der Waals surface area contributed by atoms with Crippen LogP contribution in [0.3, 0.4) is 0 Å². The van der Waals surface area contributed by atoms with Crippen molar-refractivity contribution >= 4 is 11.9 Å². The van der Waals surface area contributed by atoms with Crippen LogP contribution in [-0.2, 0) is 9.59 Å². The van der Waals surface area contributed by atoms with Crippen molar-refractivity contribution < 1.29 is 23.5 Å². The van der Waals surface area contributed by atoms with Gasteiger partial charge in [-0.1, -0.05) is 24.3 Å². The number of hydrogen-bond acceptors (Lipinski definition) is 4. The van der Waals surface area contributed by atoms with Crippen LogP contribution in [-0.4, -0.2) is 11.9 Å². The Hall–Kier alpha value is -2.69. The molecule has 2 aromatic rings. The van der Waals surface area contributed by atoms with Gasteiger partial charge in [-0.05, 0) is 49.6 Å². The first-order valence-electron chi connectivity index (χ1n) is 7.69. The van der Waals surface area contributed by atoms with Crippen LogP contribution in [0.4, 0.5) is 4.39 Å². The molecule has 0 saturated heterocycles. The molecule has 0 atom stereocenters. The summed E-state index contributed by atoms with van der Waals surface area (Å²) in [6.07, 6.45) is 0.368. The Kier molecular flexibility index (Phi) is 6.07. The summed E-state index contributed by atoms with van der Waals surface area (Å²) in [5.41, 5.74) is 1.94. The van der Waals surface area contributed by atoms with Crippen LogP contribution in [0.5, 0.6) is 11.5 Å². The molecule has 0 spiro atoms. The largest absolute Gasteiger partial charge is 0.426 e. The van der Waals surface area contributed by atoms with Gasteiger partial charge in [-0.2, -0.15) is 0 Å². The molecule has 0 fully saturated rings. The molecule has 0 aliphatic heterocycles. The number of aryl methyl sites for hydroxylation is 1. The molecule has 0 radical (unpaired) electrons. The molecule has 4 nitrogen and oxygen atoms in total. The number of carbonyl (C=O) groups excluding carboxylic acids is 2. The minimum atomic E-state index is -0.597. The fourth-order valence-electron chi connectivity index (χ4n) is 2.09. The molecule has 126 valence electrons. The number of benzene rings is 2. The lowest BCUT2D eigenvalue weighted by molar-refractivity contribution is -0.136. The van der Waals surface area contributed by atoms with E-state index < -0.39 is 17.8 Å². The van der Waals surface area contributed by atoms with Crippen LogP contribution in [0.15, 0.2) is 42.5 Å². The van der Waals surface area contributed by atoms with Gasteiger partial charge >= 0.3 is 11.9 Å². The predicted molar refractivity (Wildman–Crippen MR) is 87.4 cm³/mol. The number of hydrogen-bond donors (Lipinski definition) is 0. The van der Waals surface area contributed by atoms with E-state index in [1.165, 1.54) is 18.2 Å². The lowest BCUT2D eigenvalue weighted by Gasteiger charge is -2.09. The molecule has 0 aliphatic carbocycles. The summed E-state index contributed by atoms with van der Waals surface area (Å²) >= 11 is 0. The van der Waals surface area contributed by atoms with Crippen LogP contribution in [0.2, 0.25) is 0 Å². The predicted octanol–water partition coefficient (Wildman–Crippen LogP) is 4.12. The number of halogens is 1. The maximum atomic E-state index is 13.4. The van der Waals surface area contributed by atoms with Crippen LogP contribution in [0.25, 0.3) is 0 Å². The first kappa shape index (κ1) is 17.7. The van der Waals surface area contributed by atoms with Crippen molar-refractivity contribution in [3.05, 3.63) is 59.4 Å². The second-order valence-corrected chi connectivity index (χ2v) is 5.43. The highest BCUT2D eigenvalue weighted by atomic mass is 19.1. The van der Waals surface area contributed by atoms with E-state index in [4.69, 9.17) is 9.47 Å². The molecule has 0 saturated carbocycles. The number of rotatable bonds is 6. The van der Waals surface area contributed by atoms with Gasteiger partial charge in [0.2, 0.25) is 0 Å². The van der Waals surface area contributed by atoms with Crippen LogP contribution < -0.4 is 9.47 Å². The number of carbonyl (C=O) groups is 2. The van der Waals surface area contributed by atoms with Gasteiger partial charge in [-0.25, -0.2) is 4.39 Å². The molecule has 24 heavy (non-hydrogen) atoms. The van der Waals surface area contributed by atoms with Gasteiger partial charge in [0.15, 0.2) is 11.6 Å². The van der Waals surface area contributed by atoms with E-state index in [1.54, 1.807) is 12.1 Å². The van der Waals surface area contributed by atoms with Crippen molar-refractivity contribution in [1.82, 2.24) is 0 Å². The fourth-order valence-corrected chi connectivity index (χ4v) is 2.09. The fraction of sp³-hybridized carbons (Fsp3) is 0.263. The Balaban J connectivity index is 1.77. The standard InChI is InChI=1S/C19H19FO4/c1-13-7-5-10-16(14(13)2)23-18(21)11-6-12-19(22)24-17-9-4-3-8-15(17)20/h3-5,7-10H,6,11-12H2,1-2H3. The van der Waals surface area contributed by atoms with E-state index in [0.717, 1.165) is 11.1 Å². The third-order valence-corrected chi connectivity index (χ3v) is 3.60. The van der Waals surface area contributed by atoms with Gasteiger partial charge < -0.3 is 9.47 Å². The third-order valence-electron chi connectivity index (χ3n) is 3.60. The summed E-state index contributed by atoms with van der Waals surface area (Å²) < 4.78 is 23.6. The normalized spacial score (nSPS) is 10.3. The second-order valence-electron chi connectivity index (χ2n) is 5.43. The van der Waals surface area contributed by atoms with E-state index in [2.05, 4.69) is 0 Å². The average molecular weight is 330 g/mol. The van der Waals surface area contributed by atoms with Crippen LogP contribution in [0.1, 0.15) is 30.4 Å². The van der Waals surface area contributed by atoms with Gasteiger partial charge in [0, 0.05) is 12.8 Å². The van der Waals surface area contributed by atoms with Crippen molar-refractivity contribution in [2.24, 2.45) is 0 Å². The maximum absolute atomic E-state index is 13.4. The molecule has 0 amide bonds. The Labute approximate surface area is 140 Å². The first-order valence-corrected chi connectivity index (χ1v) is 7.69. The molecule has 2 aromatic carbocycles. The molecule has 5 heteroatoms. The SMILES string of the molecule is Cc1cccc(OC(=O)CCCC(=O)Oc2ccccc2F)c1C. The maximum Gasteiger partial charge on any atom is 0.311 e. The molecule has 0 bridgehead atoms. The smallest absolute Gasteiger partial charge is 0.311 e. The number of ether oxygens (including phenoxy) is 2. The quantitative estimate of drug-likeness (QED) is 0.590. The summed E-state index contributed by atoms with van der Waals surface area (Å²) in [5.74, 6) is -1.18. The Morgan fingerprint density at radius 3 is 2.12 bits per heavy atom. The van der Waals surface area contributed by atoms with Crippen molar-refractivity contribution in [2.75, 3.05) is 0 Å². The summed E-state index contributed by atoms with van der Waals surface area (Å²) in [5, 5.41) is 0. The Bertz CT molecular complexity index is 740. The van der Waals surface area contributed by atoms with Gasteiger partial charge in [0.25, 0.3) is 0 Å². The van der Waals surface area contributed by atoms with E-state index >= 15 is 0 Å². The van der Waals surface area contributed by atoms with E-state index in [9.17, 15) is 14.0 Å². The van der Waals surface area contributed by atoms with E-state index in [1.807, 2.05) is 26.0 Å². The molecule has 0 aliphatic rings. The highest BCUT2D eigenvalue weighted by Gasteiger charge is 2.12. The molecule has 0 aromatic heterocycles. The van der Waals surface area contributed by atoms with Crippen molar-refractivity contribution in [3.63, 3.8) is 0 Å². The van der Waals surface area contributed by atoms with E-state index in [0.29, 0.717) is 5.75 Å². The summed E-state index contributed by atoms with van der Waals surface area (Å²) in [6, 6.07) is 11.2. The Morgan fingerprint density at radius 2 is 1.46 bits per heavy atom. The van der Waals surface area contributed by atoms with Gasteiger partial charge in [0.1, 0.15) is 5.75 Å². The molecule has 0 unspecified atom stereocenters. The zero-order chi connectivity index (χ0) is 17.5. The second kappa shape index (κ2) is 8.24. The van der Waals surface area contributed by atoms with Crippen molar-refractivity contribution in [1.29, 1.82) is 0 Å². The molecular weight excluding hydrogens is 311 g/mol. The summed E-state index contributed by atoms with van der Waals surface area (Å²) in [7, 11) is 0. The minimum absolute atomic E-state index is 0.0102. The lowest BCUT2D eigenvalue weighted by atomic mass is 10.1. The highest BCUT2D eigenvalue weighted by molar-refractivity contribution is 5.75. The zero-order valence-corrected chi connectivity index (χ0v) is 13.7. The summed E-state index contributed by atoms with van der Waals surface area (Å²) in [4.78, 5) is 23.5. The van der Waals surface area contributed by atoms with Crippen LogP contribution in [0, 0.1) is 19.7 Å². The number of esters is 2. The van der Waals surface area contributed by atoms with Gasteiger partial charge in [-0.3, -0.25) is 9.59 Å². The summed E-state index contributed by atoms with van der Waals surface area (Å²) in [6.45, 7) is 3.81. The molecule has 2 rings (SSSR count). The minimum Gasteiger partial charge on any atom is -0.426 e. The molecular formula is C19H19FO4. The average Bonchev–Trinajstić information content (AvgIpc) is 2.54. The van der Waals surface area contributed by atoms with Gasteiger partial charge in [-0.15, -0.1) is 0 Å². The monoisotopic (exact) mass is 330 g/mol. The van der Waals surface area contributed by atoms with E-state index in [-0.39, 0.29) is 25.0 Å². The van der Waals surface area contributed by atoms with Crippen molar-refractivity contribution in [3.8, 4) is 11.5 Å². The van der Waals surface area contributed by atoms with Crippen LogP contribution >= 0.6 is 0 Å². The topological polar surface area (TPSA) is 52.6 Å². The lowest BCUT2D eigenvalue weighted by Crippen LogP contribution is -2.12. The zero-order valence-electron chi connectivity index (χ0n) is 13.7.